The zero-order valence-electron chi connectivity index (χ0n) is 9.77. The summed E-state index contributed by atoms with van der Waals surface area (Å²) in [7, 11) is 0. The Kier molecular flexibility index (Phi) is 2.39. The maximum atomic E-state index is 5.98. The molecular weight excluding hydrogens is 172 g/mol. The van der Waals surface area contributed by atoms with Crippen molar-refractivity contribution in [3.63, 3.8) is 0 Å². The molecule has 14 heavy (non-hydrogen) atoms. The third kappa shape index (κ3) is 2.12. The zero-order valence-corrected chi connectivity index (χ0v) is 9.77. The fourth-order valence-electron chi connectivity index (χ4n) is 2.90. The lowest BCUT2D eigenvalue weighted by molar-refractivity contribution is 0.233. The fourth-order valence-corrected chi connectivity index (χ4v) is 2.90. The van der Waals surface area contributed by atoms with Gasteiger partial charge in [0.25, 0.3) is 0 Å². The SMILES string of the molecule is CC(C)(C)NC1CCC2(CC1)CC2N. The van der Waals surface area contributed by atoms with E-state index in [1.807, 2.05) is 0 Å². The molecule has 2 aliphatic rings. The third-order valence-corrected chi connectivity index (χ3v) is 3.87. The van der Waals surface area contributed by atoms with E-state index < -0.39 is 0 Å². The van der Waals surface area contributed by atoms with Gasteiger partial charge in [0.2, 0.25) is 0 Å². The van der Waals surface area contributed by atoms with E-state index in [2.05, 4.69) is 26.1 Å². The maximum Gasteiger partial charge on any atom is 0.0102 e. The summed E-state index contributed by atoms with van der Waals surface area (Å²) in [6.07, 6.45) is 6.63. The molecule has 2 aliphatic carbocycles. The number of nitrogens with one attached hydrogen (secondary N) is 1. The van der Waals surface area contributed by atoms with Crippen molar-refractivity contribution in [1.82, 2.24) is 5.32 Å². The molecule has 0 aromatic heterocycles. The van der Waals surface area contributed by atoms with Crippen LogP contribution in [0.25, 0.3) is 0 Å². The highest BCUT2D eigenvalue weighted by Gasteiger charge is 2.52. The Morgan fingerprint density at radius 1 is 1.21 bits per heavy atom. The topological polar surface area (TPSA) is 38.0 Å². The van der Waals surface area contributed by atoms with Gasteiger partial charge in [0.05, 0.1) is 0 Å². The molecule has 0 amide bonds. The van der Waals surface area contributed by atoms with Gasteiger partial charge in [-0.1, -0.05) is 0 Å². The van der Waals surface area contributed by atoms with E-state index in [9.17, 15) is 0 Å². The van der Waals surface area contributed by atoms with Crippen LogP contribution >= 0.6 is 0 Å². The van der Waals surface area contributed by atoms with E-state index in [0.717, 1.165) is 6.04 Å². The highest BCUT2D eigenvalue weighted by Crippen LogP contribution is 2.55. The quantitative estimate of drug-likeness (QED) is 0.673. The van der Waals surface area contributed by atoms with Gasteiger partial charge in [0, 0.05) is 17.6 Å². The van der Waals surface area contributed by atoms with E-state index in [0.29, 0.717) is 11.5 Å². The fraction of sp³-hybridized carbons (Fsp3) is 1.00. The first-order valence-electron chi connectivity index (χ1n) is 5.95. The summed E-state index contributed by atoms with van der Waals surface area (Å²) in [6.45, 7) is 6.75. The van der Waals surface area contributed by atoms with Gasteiger partial charge in [-0.15, -0.1) is 0 Å². The minimum absolute atomic E-state index is 0.265. The summed E-state index contributed by atoms with van der Waals surface area (Å²) in [5.41, 5.74) is 6.83. The van der Waals surface area contributed by atoms with Crippen molar-refractivity contribution in [3.05, 3.63) is 0 Å². The third-order valence-electron chi connectivity index (χ3n) is 3.87. The lowest BCUT2D eigenvalue weighted by Gasteiger charge is -2.34. The Hall–Kier alpha value is -0.0800. The summed E-state index contributed by atoms with van der Waals surface area (Å²) < 4.78 is 0. The second-order valence-corrected chi connectivity index (χ2v) is 6.34. The van der Waals surface area contributed by atoms with Gasteiger partial charge in [-0.25, -0.2) is 0 Å². The molecule has 1 unspecified atom stereocenters. The molecule has 0 aromatic carbocycles. The monoisotopic (exact) mass is 196 g/mol. The number of hydrogen-bond acceptors (Lipinski definition) is 2. The predicted molar refractivity (Wildman–Crippen MR) is 60.2 cm³/mol. The van der Waals surface area contributed by atoms with Gasteiger partial charge in [-0.05, 0) is 58.3 Å². The first kappa shape index (κ1) is 10.4. The van der Waals surface area contributed by atoms with Crippen LogP contribution in [0.3, 0.4) is 0 Å². The normalized spacial score (nSPS) is 42.9. The molecule has 2 nitrogen and oxygen atoms in total. The van der Waals surface area contributed by atoms with Crippen LogP contribution in [0.15, 0.2) is 0 Å². The smallest absolute Gasteiger partial charge is 0.0102 e. The highest BCUT2D eigenvalue weighted by molar-refractivity contribution is 5.08. The molecular formula is C12H24N2. The molecule has 2 fully saturated rings. The van der Waals surface area contributed by atoms with Crippen LogP contribution in [0, 0.1) is 5.41 Å². The maximum absolute atomic E-state index is 5.98. The predicted octanol–water partition coefficient (Wildman–Crippen LogP) is 2.03. The van der Waals surface area contributed by atoms with Crippen LogP contribution in [0.1, 0.15) is 52.9 Å². The van der Waals surface area contributed by atoms with Crippen LogP contribution in [0.4, 0.5) is 0 Å². The van der Waals surface area contributed by atoms with Crippen molar-refractivity contribution >= 4 is 0 Å². The van der Waals surface area contributed by atoms with Gasteiger partial charge < -0.3 is 11.1 Å². The molecule has 3 N–H and O–H groups in total. The molecule has 82 valence electrons. The van der Waals surface area contributed by atoms with Gasteiger partial charge in [0.1, 0.15) is 0 Å². The molecule has 2 heteroatoms. The largest absolute Gasteiger partial charge is 0.327 e. The molecule has 0 aromatic rings. The van der Waals surface area contributed by atoms with E-state index in [4.69, 9.17) is 5.73 Å². The van der Waals surface area contributed by atoms with E-state index in [-0.39, 0.29) is 5.54 Å². The molecule has 0 radical (unpaired) electrons. The van der Waals surface area contributed by atoms with Crippen LogP contribution < -0.4 is 11.1 Å². The van der Waals surface area contributed by atoms with E-state index >= 15 is 0 Å². The van der Waals surface area contributed by atoms with Crippen LogP contribution in [-0.4, -0.2) is 17.6 Å². The van der Waals surface area contributed by atoms with Crippen LogP contribution in [0.2, 0.25) is 0 Å². The molecule has 1 spiro atoms. The zero-order chi connectivity index (χ0) is 10.4. The number of rotatable bonds is 1. The minimum Gasteiger partial charge on any atom is -0.327 e. The summed E-state index contributed by atoms with van der Waals surface area (Å²) in [6, 6.07) is 1.26. The van der Waals surface area contributed by atoms with Gasteiger partial charge in [-0.2, -0.15) is 0 Å². The van der Waals surface area contributed by atoms with Crippen molar-refractivity contribution in [1.29, 1.82) is 0 Å². The van der Waals surface area contributed by atoms with Crippen molar-refractivity contribution in [2.45, 2.75) is 70.5 Å². The van der Waals surface area contributed by atoms with Crippen molar-refractivity contribution in [3.8, 4) is 0 Å². The Bertz CT molecular complexity index is 209. The van der Waals surface area contributed by atoms with Gasteiger partial charge in [-0.3, -0.25) is 0 Å². The second kappa shape index (κ2) is 3.21. The van der Waals surface area contributed by atoms with Gasteiger partial charge in [0.15, 0.2) is 0 Å². The molecule has 0 heterocycles. The second-order valence-electron chi connectivity index (χ2n) is 6.34. The lowest BCUT2D eigenvalue weighted by atomic mass is 9.82. The Morgan fingerprint density at radius 2 is 1.71 bits per heavy atom. The van der Waals surface area contributed by atoms with E-state index in [1.165, 1.54) is 32.1 Å². The molecule has 0 saturated heterocycles. The number of hydrogen-bond donors (Lipinski definition) is 2. The minimum atomic E-state index is 0.265. The molecule has 2 saturated carbocycles. The first-order valence-corrected chi connectivity index (χ1v) is 5.95. The van der Waals surface area contributed by atoms with Crippen LogP contribution in [-0.2, 0) is 0 Å². The van der Waals surface area contributed by atoms with Crippen molar-refractivity contribution in [2.75, 3.05) is 0 Å². The Labute approximate surface area is 87.6 Å². The van der Waals surface area contributed by atoms with Crippen molar-refractivity contribution in [2.24, 2.45) is 11.1 Å². The average Bonchev–Trinajstić information content (AvgIpc) is 2.65. The Morgan fingerprint density at radius 3 is 2.07 bits per heavy atom. The van der Waals surface area contributed by atoms with Gasteiger partial charge >= 0.3 is 0 Å². The first-order chi connectivity index (χ1) is 6.41. The average molecular weight is 196 g/mol. The molecule has 0 bridgehead atoms. The van der Waals surface area contributed by atoms with E-state index in [1.54, 1.807) is 0 Å². The summed E-state index contributed by atoms with van der Waals surface area (Å²) in [5, 5.41) is 3.70. The summed E-state index contributed by atoms with van der Waals surface area (Å²) in [5.74, 6) is 0. The number of nitrogens with two attached hydrogens (primary N) is 1. The molecule has 2 rings (SSSR count). The molecule has 0 aliphatic heterocycles. The summed E-state index contributed by atoms with van der Waals surface area (Å²) >= 11 is 0. The van der Waals surface area contributed by atoms with Crippen LogP contribution in [0.5, 0.6) is 0 Å². The summed E-state index contributed by atoms with van der Waals surface area (Å²) in [4.78, 5) is 0. The Balaban J connectivity index is 1.79. The highest BCUT2D eigenvalue weighted by atomic mass is 15.0. The standard InChI is InChI=1S/C12H24N2/c1-11(2,3)14-9-4-6-12(7-5-9)8-10(12)13/h9-10,14H,4-8,13H2,1-3H3. The van der Waals surface area contributed by atoms with Crippen molar-refractivity contribution < 1.29 is 0 Å². The molecule has 1 atom stereocenters. The lowest BCUT2D eigenvalue weighted by Crippen LogP contribution is -2.45.